The lowest BCUT2D eigenvalue weighted by molar-refractivity contribution is 0.0739. The monoisotopic (exact) mass is 441 g/mol. The van der Waals surface area contributed by atoms with Gasteiger partial charge in [0.05, 0.1) is 25.2 Å². The highest BCUT2D eigenvalue weighted by molar-refractivity contribution is 6.00. The fraction of sp³-hybridized carbons (Fsp3) is 0.269. The van der Waals surface area contributed by atoms with Crippen LogP contribution >= 0.6 is 0 Å². The number of aromatic nitrogens is 4. The molecule has 4 aromatic rings. The Kier molecular flexibility index (Phi) is 5.69. The van der Waals surface area contributed by atoms with Gasteiger partial charge in [0, 0.05) is 36.6 Å². The van der Waals surface area contributed by atoms with Gasteiger partial charge in [-0.25, -0.2) is 4.98 Å². The van der Waals surface area contributed by atoms with E-state index in [1.54, 1.807) is 19.6 Å². The quantitative estimate of drug-likeness (QED) is 0.437. The van der Waals surface area contributed by atoms with Gasteiger partial charge < -0.3 is 14.2 Å². The third-order valence-corrected chi connectivity index (χ3v) is 6.31. The molecule has 1 aliphatic heterocycles. The Morgan fingerprint density at radius 2 is 1.85 bits per heavy atom. The van der Waals surface area contributed by atoms with Crippen LogP contribution in [-0.2, 0) is 13.0 Å². The number of benzene rings is 2. The van der Waals surface area contributed by atoms with Gasteiger partial charge in [-0.05, 0) is 48.2 Å². The molecule has 0 saturated heterocycles. The molecule has 1 unspecified atom stereocenters. The van der Waals surface area contributed by atoms with E-state index in [1.165, 1.54) is 5.56 Å². The molecule has 5 rings (SSSR count). The number of carbonyl (C=O) groups excluding carboxylic acids is 1. The van der Waals surface area contributed by atoms with Gasteiger partial charge >= 0.3 is 0 Å². The molecule has 1 aliphatic rings. The summed E-state index contributed by atoms with van der Waals surface area (Å²) in [5.41, 5.74) is 5.65. The van der Waals surface area contributed by atoms with Crippen molar-refractivity contribution in [2.75, 3.05) is 13.7 Å². The van der Waals surface area contributed by atoms with Crippen molar-refractivity contribution in [2.45, 2.75) is 32.4 Å². The zero-order valence-electron chi connectivity index (χ0n) is 18.9. The molecule has 1 atom stereocenters. The molecule has 0 bridgehead atoms. The first kappa shape index (κ1) is 21.0. The predicted octanol–water partition coefficient (Wildman–Crippen LogP) is 4.48. The Labute approximate surface area is 193 Å². The van der Waals surface area contributed by atoms with Crippen LogP contribution in [0.1, 0.15) is 46.6 Å². The maximum absolute atomic E-state index is 13.5. The summed E-state index contributed by atoms with van der Waals surface area (Å²) in [7, 11) is 1.65. The highest BCUT2D eigenvalue weighted by Crippen LogP contribution is 2.43. The number of aromatic amines is 1. The Morgan fingerprint density at radius 3 is 2.52 bits per heavy atom. The Morgan fingerprint density at radius 1 is 1.06 bits per heavy atom. The Hall–Kier alpha value is -3.87. The van der Waals surface area contributed by atoms with E-state index in [2.05, 4.69) is 46.4 Å². The van der Waals surface area contributed by atoms with Crippen molar-refractivity contribution in [1.82, 2.24) is 24.6 Å². The van der Waals surface area contributed by atoms with Crippen LogP contribution in [0.3, 0.4) is 0 Å². The molecule has 7 heteroatoms. The van der Waals surface area contributed by atoms with Crippen molar-refractivity contribution in [3.05, 3.63) is 89.6 Å². The number of methoxy groups -OCH3 is 1. The van der Waals surface area contributed by atoms with Crippen LogP contribution in [0.15, 0.2) is 67.3 Å². The van der Waals surface area contributed by atoms with Crippen LogP contribution in [0, 0.1) is 0 Å². The molecule has 1 N–H and O–H groups in total. The number of hydrogen-bond acceptors (Lipinski definition) is 4. The normalized spacial score (nSPS) is 15.2. The number of H-pyrrole nitrogens is 1. The molecule has 0 saturated carbocycles. The Bertz CT molecular complexity index is 1230. The second-order valence-corrected chi connectivity index (χ2v) is 8.24. The second-order valence-electron chi connectivity index (χ2n) is 8.24. The summed E-state index contributed by atoms with van der Waals surface area (Å²) in [6.07, 6.45) is 7.34. The van der Waals surface area contributed by atoms with Gasteiger partial charge in [-0.15, -0.1) is 0 Å². The number of aryl methyl sites for hydroxylation is 2. The molecular formula is C26H27N5O2. The molecule has 168 valence electrons. The lowest BCUT2D eigenvalue weighted by Gasteiger charge is -2.26. The van der Waals surface area contributed by atoms with E-state index < -0.39 is 0 Å². The van der Waals surface area contributed by atoms with Crippen LogP contribution in [0.4, 0.5) is 0 Å². The molecule has 0 radical (unpaired) electrons. The highest BCUT2D eigenvalue weighted by atomic mass is 16.5. The lowest BCUT2D eigenvalue weighted by atomic mass is 9.95. The Balaban J connectivity index is 1.51. The molecule has 2 aromatic carbocycles. The maximum Gasteiger partial charge on any atom is 0.273 e. The number of fused-ring (bicyclic) bond motifs is 1. The standard InChI is InChI=1S/C26H27N5O2/c1-3-18-5-7-20(8-6-18)25-22-23(19-9-11-21(33-2)12-10-19)28-29-24(22)26(32)31(25)15-4-14-30-16-13-27-17-30/h5-13,16-17,25H,3-4,14-15H2,1-2H3,(H,28,29). The zero-order chi connectivity index (χ0) is 22.8. The van der Waals surface area contributed by atoms with Gasteiger partial charge in [0.2, 0.25) is 0 Å². The van der Waals surface area contributed by atoms with Crippen LogP contribution in [0.2, 0.25) is 0 Å². The van der Waals surface area contributed by atoms with Crippen molar-refractivity contribution in [3.63, 3.8) is 0 Å². The van der Waals surface area contributed by atoms with Gasteiger partial charge in [0.1, 0.15) is 11.4 Å². The molecule has 33 heavy (non-hydrogen) atoms. The molecule has 0 aliphatic carbocycles. The van der Waals surface area contributed by atoms with Gasteiger partial charge in [0.15, 0.2) is 0 Å². The van der Waals surface area contributed by atoms with Crippen molar-refractivity contribution < 1.29 is 9.53 Å². The van der Waals surface area contributed by atoms with Crippen molar-refractivity contribution >= 4 is 5.91 Å². The number of nitrogens with one attached hydrogen (secondary N) is 1. The summed E-state index contributed by atoms with van der Waals surface area (Å²) in [4.78, 5) is 19.5. The number of imidazole rings is 1. The third-order valence-electron chi connectivity index (χ3n) is 6.31. The number of carbonyl (C=O) groups is 1. The number of nitrogens with zero attached hydrogens (tertiary/aromatic N) is 4. The highest BCUT2D eigenvalue weighted by Gasteiger charge is 2.41. The topological polar surface area (TPSA) is 76.0 Å². The zero-order valence-corrected chi connectivity index (χ0v) is 18.9. The van der Waals surface area contributed by atoms with E-state index in [4.69, 9.17) is 4.74 Å². The first-order chi connectivity index (χ1) is 16.2. The minimum atomic E-state index is -0.183. The number of hydrogen-bond donors (Lipinski definition) is 1. The van der Waals surface area contributed by atoms with Crippen LogP contribution in [-0.4, -0.2) is 44.2 Å². The van der Waals surface area contributed by atoms with Gasteiger partial charge in [-0.1, -0.05) is 31.2 Å². The fourth-order valence-corrected chi connectivity index (χ4v) is 4.52. The SMILES string of the molecule is CCc1ccc(C2c3c(-c4ccc(OC)cc4)n[nH]c3C(=O)N2CCCn2ccnc2)cc1. The van der Waals surface area contributed by atoms with E-state index in [-0.39, 0.29) is 11.9 Å². The molecule has 7 nitrogen and oxygen atoms in total. The average molecular weight is 442 g/mol. The lowest BCUT2D eigenvalue weighted by Crippen LogP contribution is -2.31. The minimum Gasteiger partial charge on any atom is -0.497 e. The van der Waals surface area contributed by atoms with E-state index in [0.29, 0.717) is 12.2 Å². The number of amides is 1. The van der Waals surface area contributed by atoms with Crippen LogP contribution < -0.4 is 4.74 Å². The van der Waals surface area contributed by atoms with Crippen molar-refractivity contribution in [2.24, 2.45) is 0 Å². The molecule has 1 amide bonds. The van der Waals surface area contributed by atoms with Crippen molar-refractivity contribution in [1.29, 1.82) is 0 Å². The molecule has 3 heterocycles. The van der Waals surface area contributed by atoms with Gasteiger partial charge in [0.25, 0.3) is 5.91 Å². The fourth-order valence-electron chi connectivity index (χ4n) is 4.52. The smallest absolute Gasteiger partial charge is 0.273 e. The number of rotatable bonds is 8. The number of ether oxygens (including phenoxy) is 1. The molecule has 0 spiro atoms. The summed E-state index contributed by atoms with van der Waals surface area (Å²) >= 11 is 0. The summed E-state index contributed by atoms with van der Waals surface area (Å²) < 4.78 is 7.34. The van der Waals surface area contributed by atoms with E-state index in [1.807, 2.05) is 39.9 Å². The summed E-state index contributed by atoms with van der Waals surface area (Å²) in [6.45, 7) is 3.59. The van der Waals surface area contributed by atoms with Gasteiger partial charge in [-0.2, -0.15) is 5.10 Å². The van der Waals surface area contributed by atoms with E-state index in [0.717, 1.165) is 47.5 Å². The average Bonchev–Trinajstić information content (AvgIpc) is 3.58. The summed E-state index contributed by atoms with van der Waals surface area (Å²) in [5.74, 6) is 0.780. The minimum absolute atomic E-state index is 0.00698. The second kappa shape index (κ2) is 8.94. The third kappa shape index (κ3) is 3.91. The summed E-state index contributed by atoms with van der Waals surface area (Å²) in [6, 6.07) is 16.2. The van der Waals surface area contributed by atoms with Gasteiger partial charge in [-0.3, -0.25) is 9.89 Å². The maximum atomic E-state index is 13.5. The van der Waals surface area contributed by atoms with Crippen LogP contribution in [0.25, 0.3) is 11.3 Å². The summed E-state index contributed by atoms with van der Waals surface area (Å²) in [5, 5.41) is 7.58. The molecule has 0 fully saturated rings. The van der Waals surface area contributed by atoms with Crippen LogP contribution in [0.5, 0.6) is 5.75 Å². The van der Waals surface area contributed by atoms with E-state index in [9.17, 15) is 4.79 Å². The molecule has 2 aromatic heterocycles. The first-order valence-electron chi connectivity index (χ1n) is 11.3. The van der Waals surface area contributed by atoms with E-state index >= 15 is 0 Å². The molecular weight excluding hydrogens is 414 g/mol. The first-order valence-corrected chi connectivity index (χ1v) is 11.3. The predicted molar refractivity (Wildman–Crippen MR) is 126 cm³/mol. The van der Waals surface area contributed by atoms with Crippen molar-refractivity contribution in [3.8, 4) is 17.0 Å². The largest absolute Gasteiger partial charge is 0.497 e.